The molecule has 7 nitrogen and oxygen atoms in total. The van der Waals surface area contributed by atoms with Crippen molar-refractivity contribution in [2.45, 2.75) is 44.8 Å². The minimum atomic E-state index is -0.544. The van der Waals surface area contributed by atoms with Crippen LogP contribution < -0.4 is 16.8 Å². The molecule has 1 heterocycles. The summed E-state index contributed by atoms with van der Waals surface area (Å²) in [5.41, 5.74) is 12.8. The molecule has 1 saturated heterocycles. The van der Waals surface area contributed by atoms with Gasteiger partial charge in [0.1, 0.15) is 11.9 Å². The van der Waals surface area contributed by atoms with Crippen LogP contribution in [0.15, 0.2) is 24.3 Å². The number of nitrogens with two attached hydrogens (primary N) is 2. The van der Waals surface area contributed by atoms with Crippen LogP contribution in [-0.4, -0.2) is 41.2 Å². The molecule has 1 fully saturated rings. The summed E-state index contributed by atoms with van der Waals surface area (Å²) in [6.45, 7) is 2.81. The summed E-state index contributed by atoms with van der Waals surface area (Å²) in [6, 6.07) is 6.15. The molecule has 6 N–H and O–H groups in total. The summed E-state index contributed by atoms with van der Waals surface area (Å²) in [7, 11) is 0. The van der Waals surface area contributed by atoms with Gasteiger partial charge in [0.05, 0.1) is 6.04 Å². The zero-order valence-electron chi connectivity index (χ0n) is 14.3. The highest BCUT2D eigenvalue weighted by Crippen LogP contribution is 2.19. The van der Waals surface area contributed by atoms with E-state index in [1.54, 1.807) is 17.0 Å². The van der Waals surface area contributed by atoms with Crippen LogP contribution in [0.5, 0.6) is 0 Å². The number of carbonyl (C=O) groups excluding carboxylic acids is 2. The number of hydrogen-bond donors (Lipinski definition) is 4. The maximum absolute atomic E-state index is 12.4. The first kappa shape index (κ1) is 20.9. The minimum absolute atomic E-state index is 0. The van der Waals surface area contributed by atoms with Crippen molar-refractivity contribution in [1.29, 1.82) is 5.41 Å². The molecule has 8 heteroatoms. The van der Waals surface area contributed by atoms with Gasteiger partial charge in [-0.2, -0.15) is 0 Å². The highest BCUT2D eigenvalue weighted by molar-refractivity contribution is 5.95. The summed E-state index contributed by atoms with van der Waals surface area (Å²) in [5, 5.41) is 10.2. The molecule has 138 valence electrons. The average Bonchev–Trinajstić information content (AvgIpc) is 3.08. The summed E-state index contributed by atoms with van der Waals surface area (Å²) in [4.78, 5) is 26.3. The monoisotopic (exact) mass is 367 g/mol. The van der Waals surface area contributed by atoms with Crippen molar-refractivity contribution in [3.63, 3.8) is 0 Å². The largest absolute Gasteiger partial charge is 0.384 e. The van der Waals surface area contributed by atoms with Gasteiger partial charge in [0.15, 0.2) is 0 Å². The molecule has 1 aromatic carbocycles. The molecule has 2 atom stereocenters. The number of nitrogen functional groups attached to an aromatic ring is 1. The second-order valence-electron chi connectivity index (χ2n) is 6.03. The second-order valence-corrected chi connectivity index (χ2v) is 6.03. The quantitative estimate of drug-likeness (QED) is 0.437. The highest BCUT2D eigenvalue weighted by Gasteiger charge is 2.35. The van der Waals surface area contributed by atoms with Gasteiger partial charge in [0, 0.05) is 18.7 Å². The van der Waals surface area contributed by atoms with Crippen LogP contribution >= 0.6 is 12.4 Å². The van der Waals surface area contributed by atoms with Gasteiger partial charge in [-0.25, -0.2) is 0 Å². The Morgan fingerprint density at radius 2 is 2.00 bits per heavy atom. The van der Waals surface area contributed by atoms with Gasteiger partial charge in [-0.3, -0.25) is 15.0 Å². The number of carbonyl (C=O) groups is 2. The summed E-state index contributed by atoms with van der Waals surface area (Å²) < 4.78 is 0. The molecular formula is C17H26ClN5O2. The van der Waals surface area contributed by atoms with Gasteiger partial charge in [0.2, 0.25) is 11.8 Å². The predicted octanol–water partition coefficient (Wildman–Crippen LogP) is 0.737. The fraction of sp³-hybridized carbons (Fsp3) is 0.471. The van der Waals surface area contributed by atoms with E-state index in [0.29, 0.717) is 31.5 Å². The smallest absolute Gasteiger partial charge is 0.243 e. The molecule has 25 heavy (non-hydrogen) atoms. The van der Waals surface area contributed by atoms with Gasteiger partial charge in [-0.15, -0.1) is 12.4 Å². The Hall–Kier alpha value is -2.12. The fourth-order valence-electron chi connectivity index (χ4n) is 2.80. The number of amides is 2. The number of rotatable bonds is 6. The zero-order chi connectivity index (χ0) is 17.7. The molecule has 0 unspecified atom stereocenters. The lowest BCUT2D eigenvalue weighted by Gasteiger charge is -2.26. The zero-order valence-corrected chi connectivity index (χ0v) is 15.1. The van der Waals surface area contributed by atoms with Gasteiger partial charge in [-0.1, -0.05) is 31.2 Å². The first-order valence-corrected chi connectivity index (χ1v) is 8.21. The number of benzene rings is 1. The van der Waals surface area contributed by atoms with Gasteiger partial charge >= 0.3 is 0 Å². The Balaban J connectivity index is 0.00000312. The van der Waals surface area contributed by atoms with E-state index >= 15 is 0 Å². The van der Waals surface area contributed by atoms with E-state index in [4.69, 9.17) is 16.9 Å². The van der Waals surface area contributed by atoms with E-state index in [2.05, 4.69) is 5.32 Å². The van der Waals surface area contributed by atoms with Gasteiger partial charge in [0.25, 0.3) is 0 Å². The molecule has 0 aromatic heterocycles. The highest BCUT2D eigenvalue weighted by atomic mass is 35.5. The molecule has 0 aliphatic carbocycles. The van der Waals surface area contributed by atoms with Gasteiger partial charge in [-0.05, 0) is 24.8 Å². The third-order valence-corrected chi connectivity index (χ3v) is 4.33. The minimum Gasteiger partial charge on any atom is -0.384 e. The maximum atomic E-state index is 12.4. The van der Waals surface area contributed by atoms with Crippen LogP contribution in [-0.2, 0) is 16.1 Å². The van der Waals surface area contributed by atoms with Crippen LogP contribution in [0.2, 0.25) is 0 Å². The third-order valence-electron chi connectivity index (χ3n) is 4.33. The van der Waals surface area contributed by atoms with Crippen LogP contribution in [0, 0.1) is 5.41 Å². The molecule has 0 saturated carbocycles. The molecule has 2 rings (SSSR count). The number of likely N-dealkylation sites (tertiary alicyclic amines) is 1. The SMILES string of the molecule is CC[C@@H](N)C(=O)N1CCC[C@H]1C(=O)NCc1ccc(C(=N)N)cc1.Cl. The maximum Gasteiger partial charge on any atom is 0.243 e. The van der Waals surface area contributed by atoms with Crippen molar-refractivity contribution in [2.24, 2.45) is 11.5 Å². The van der Waals surface area contributed by atoms with E-state index < -0.39 is 12.1 Å². The van der Waals surface area contributed by atoms with Crippen LogP contribution in [0.1, 0.15) is 37.3 Å². The van der Waals surface area contributed by atoms with Crippen molar-refractivity contribution < 1.29 is 9.59 Å². The lowest BCUT2D eigenvalue weighted by atomic mass is 10.1. The van der Waals surface area contributed by atoms with Gasteiger partial charge < -0.3 is 21.7 Å². The third kappa shape index (κ3) is 5.17. The van der Waals surface area contributed by atoms with Crippen molar-refractivity contribution in [3.05, 3.63) is 35.4 Å². The van der Waals surface area contributed by atoms with E-state index in [-0.39, 0.29) is 30.1 Å². The second kappa shape index (κ2) is 9.39. The number of nitrogens with zero attached hydrogens (tertiary/aromatic N) is 1. The Kier molecular flexibility index (Phi) is 7.86. The normalized spacial score (nSPS) is 17.5. The van der Waals surface area contributed by atoms with E-state index in [1.807, 2.05) is 19.1 Å². The molecule has 0 spiro atoms. The number of amidine groups is 1. The summed E-state index contributed by atoms with van der Waals surface area (Å²) >= 11 is 0. The molecule has 0 bridgehead atoms. The Bertz CT molecular complexity index is 620. The molecule has 0 radical (unpaired) electrons. The molecule has 1 aliphatic heterocycles. The van der Waals surface area contributed by atoms with Crippen molar-refractivity contribution >= 4 is 30.1 Å². The van der Waals surface area contributed by atoms with Crippen molar-refractivity contribution in [2.75, 3.05) is 6.54 Å². The first-order valence-electron chi connectivity index (χ1n) is 8.21. The Labute approximate surface area is 154 Å². The molecule has 2 amide bonds. The van der Waals surface area contributed by atoms with Crippen LogP contribution in [0.3, 0.4) is 0 Å². The van der Waals surface area contributed by atoms with Crippen LogP contribution in [0.4, 0.5) is 0 Å². The van der Waals surface area contributed by atoms with E-state index in [9.17, 15) is 9.59 Å². The first-order chi connectivity index (χ1) is 11.4. The molecular weight excluding hydrogens is 342 g/mol. The topological polar surface area (TPSA) is 125 Å². The summed E-state index contributed by atoms with van der Waals surface area (Å²) in [6.07, 6.45) is 2.04. The Morgan fingerprint density at radius 3 is 2.56 bits per heavy atom. The van der Waals surface area contributed by atoms with Crippen LogP contribution in [0.25, 0.3) is 0 Å². The average molecular weight is 368 g/mol. The summed E-state index contributed by atoms with van der Waals surface area (Å²) in [5.74, 6) is -0.293. The predicted molar refractivity (Wildman–Crippen MR) is 99.6 cm³/mol. The molecule has 1 aliphatic rings. The van der Waals surface area contributed by atoms with E-state index in [0.717, 1.165) is 12.0 Å². The van der Waals surface area contributed by atoms with Crippen molar-refractivity contribution in [1.82, 2.24) is 10.2 Å². The van der Waals surface area contributed by atoms with Crippen molar-refractivity contribution in [3.8, 4) is 0 Å². The number of nitrogens with one attached hydrogen (secondary N) is 2. The standard InChI is InChI=1S/C17H25N5O2.ClH/c1-2-13(18)17(24)22-9-3-4-14(22)16(23)21-10-11-5-7-12(8-6-11)15(19)20;/h5-8,13-14H,2-4,9-10,18H2,1H3,(H3,19,20)(H,21,23);1H/t13-,14+;/m1./s1. The lowest BCUT2D eigenvalue weighted by Crippen LogP contribution is -2.50. The van der Waals surface area contributed by atoms with E-state index in [1.165, 1.54) is 0 Å². The lowest BCUT2D eigenvalue weighted by molar-refractivity contribution is -0.139. The number of hydrogen-bond acceptors (Lipinski definition) is 4. The Morgan fingerprint density at radius 1 is 1.36 bits per heavy atom. The fourth-order valence-corrected chi connectivity index (χ4v) is 2.80. The molecule has 1 aromatic rings. The number of halogens is 1.